The average molecular weight is 303 g/mol. The smallest absolute Gasteiger partial charge is 0.237 e. The Balaban J connectivity index is 2.48. The molecule has 16 heavy (non-hydrogen) atoms. The minimum absolute atomic E-state index is 0.190. The van der Waals surface area contributed by atoms with Gasteiger partial charge in [-0.1, -0.05) is 34.5 Å². The predicted octanol–water partition coefficient (Wildman–Crippen LogP) is 3.00. The van der Waals surface area contributed by atoms with Crippen LogP contribution in [0.25, 0.3) is 0 Å². The van der Waals surface area contributed by atoms with Crippen molar-refractivity contribution >= 4 is 45.0 Å². The SMILES string of the molecule is CC1CC(=O)N(c2cc(Br)ccc2Cl)C1=O. The van der Waals surface area contributed by atoms with Gasteiger partial charge in [0, 0.05) is 16.8 Å². The van der Waals surface area contributed by atoms with E-state index in [0.29, 0.717) is 10.7 Å². The summed E-state index contributed by atoms with van der Waals surface area (Å²) in [6, 6.07) is 5.10. The zero-order valence-corrected chi connectivity index (χ0v) is 10.9. The molecule has 1 aromatic carbocycles. The summed E-state index contributed by atoms with van der Waals surface area (Å²) >= 11 is 9.28. The van der Waals surface area contributed by atoms with Crippen LogP contribution in [0.2, 0.25) is 5.02 Å². The molecule has 0 N–H and O–H groups in total. The van der Waals surface area contributed by atoms with Crippen LogP contribution in [-0.4, -0.2) is 11.8 Å². The summed E-state index contributed by atoms with van der Waals surface area (Å²) < 4.78 is 0.784. The largest absolute Gasteiger partial charge is 0.274 e. The van der Waals surface area contributed by atoms with Crippen molar-refractivity contribution in [2.75, 3.05) is 4.90 Å². The van der Waals surface area contributed by atoms with Gasteiger partial charge in [-0.25, -0.2) is 4.90 Å². The second-order valence-corrected chi connectivity index (χ2v) is 5.09. The molecule has 0 bridgehead atoms. The van der Waals surface area contributed by atoms with Gasteiger partial charge < -0.3 is 0 Å². The summed E-state index contributed by atoms with van der Waals surface area (Å²) in [7, 11) is 0. The number of nitrogens with zero attached hydrogens (tertiary/aromatic N) is 1. The molecule has 1 heterocycles. The number of amides is 2. The van der Waals surface area contributed by atoms with Crippen LogP contribution in [0.1, 0.15) is 13.3 Å². The molecule has 1 atom stereocenters. The lowest BCUT2D eigenvalue weighted by atomic mass is 10.1. The monoisotopic (exact) mass is 301 g/mol. The fourth-order valence-corrected chi connectivity index (χ4v) is 2.25. The molecule has 0 spiro atoms. The molecule has 1 aliphatic heterocycles. The fourth-order valence-electron chi connectivity index (χ4n) is 1.69. The van der Waals surface area contributed by atoms with Crippen molar-refractivity contribution < 1.29 is 9.59 Å². The van der Waals surface area contributed by atoms with Gasteiger partial charge in [-0.3, -0.25) is 9.59 Å². The number of benzene rings is 1. The van der Waals surface area contributed by atoms with E-state index in [9.17, 15) is 9.59 Å². The maximum Gasteiger partial charge on any atom is 0.237 e. The highest BCUT2D eigenvalue weighted by atomic mass is 79.9. The summed E-state index contributed by atoms with van der Waals surface area (Å²) in [4.78, 5) is 24.7. The Labute approximate surface area is 107 Å². The lowest BCUT2D eigenvalue weighted by Crippen LogP contribution is -2.30. The molecule has 1 aliphatic rings. The van der Waals surface area contributed by atoms with E-state index in [0.717, 1.165) is 9.37 Å². The Bertz CT molecular complexity index is 475. The van der Waals surface area contributed by atoms with E-state index in [4.69, 9.17) is 11.6 Å². The Morgan fingerprint density at radius 1 is 1.44 bits per heavy atom. The van der Waals surface area contributed by atoms with Crippen LogP contribution in [0.5, 0.6) is 0 Å². The molecule has 84 valence electrons. The summed E-state index contributed by atoms with van der Waals surface area (Å²) in [5.41, 5.74) is 0.454. The van der Waals surface area contributed by atoms with E-state index in [1.54, 1.807) is 25.1 Å². The van der Waals surface area contributed by atoms with Gasteiger partial charge in [-0.2, -0.15) is 0 Å². The van der Waals surface area contributed by atoms with Gasteiger partial charge in [-0.05, 0) is 18.2 Å². The Morgan fingerprint density at radius 3 is 2.69 bits per heavy atom. The normalized spacial score (nSPS) is 20.7. The van der Waals surface area contributed by atoms with Crippen LogP contribution in [0, 0.1) is 5.92 Å². The Kier molecular flexibility index (Phi) is 3.04. The molecular weight excluding hydrogens is 293 g/mol. The van der Waals surface area contributed by atoms with Crippen LogP contribution in [-0.2, 0) is 9.59 Å². The molecule has 0 aliphatic carbocycles. The lowest BCUT2D eigenvalue weighted by Gasteiger charge is -2.16. The third-order valence-electron chi connectivity index (χ3n) is 2.52. The van der Waals surface area contributed by atoms with Crippen LogP contribution in [0.15, 0.2) is 22.7 Å². The van der Waals surface area contributed by atoms with Gasteiger partial charge in [0.25, 0.3) is 0 Å². The van der Waals surface area contributed by atoms with E-state index in [1.807, 2.05) is 0 Å². The maximum absolute atomic E-state index is 11.8. The highest BCUT2D eigenvalue weighted by Crippen LogP contribution is 2.33. The van der Waals surface area contributed by atoms with Gasteiger partial charge in [0.05, 0.1) is 10.7 Å². The molecule has 0 saturated carbocycles. The molecular formula is C11H9BrClNO2. The van der Waals surface area contributed by atoms with Crippen molar-refractivity contribution in [3.8, 4) is 0 Å². The van der Waals surface area contributed by atoms with Crippen LogP contribution in [0.3, 0.4) is 0 Å². The first-order chi connectivity index (χ1) is 7.50. The second kappa shape index (κ2) is 4.18. The van der Waals surface area contributed by atoms with Crippen molar-refractivity contribution in [3.63, 3.8) is 0 Å². The van der Waals surface area contributed by atoms with Gasteiger partial charge in [-0.15, -0.1) is 0 Å². The molecule has 2 rings (SSSR count). The lowest BCUT2D eigenvalue weighted by molar-refractivity contribution is -0.122. The Morgan fingerprint density at radius 2 is 2.12 bits per heavy atom. The van der Waals surface area contributed by atoms with Crippen LogP contribution >= 0.6 is 27.5 Å². The van der Waals surface area contributed by atoms with Crippen molar-refractivity contribution in [2.45, 2.75) is 13.3 Å². The number of rotatable bonds is 1. The minimum Gasteiger partial charge on any atom is -0.274 e. The quantitative estimate of drug-likeness (QED) is 0.748. The van der Waals surface area contributed by atoms with E-state index in [1.165, 1.54) is 0 Å². The topological polar surface area (TPSA) is 37.4 Å². The summed E-state index contributed by atoms with van der Waals surface area (Å²) in [5.74, 6) is -0.648. The first kappa shape index (κ1) is 11.6. The van der Waals surface area contributed by atoms with E-state index >= 15 is 0 Å². The minimum atomic E-state index is -0.262. The Hall–Kier alpha value is -0.870. The maximum atomic E-state index is 11.8. The number of carbonyl (C=O) groups is 2. The highest BCUT2D eigenvalue weighted by Gasteiger charge is 2.37. The van der Waals surface area contributed by atoms with E-state index < -0.39 is 0 Å². The van der Waals surface area contributed by atoms with Crippen molar-refractivity contribution in [1.82, 2.24) is 0 Å². The number of hydrogen-bond acceptors (Lipinski definition) is 2. The van der Waals surface area contributed by atoms with Gasteiger partial charge >= 0.3 is 0 Å². The van der Waals surface area contributed by atoms with Gasteiger partial charge in [0.1, 0.15) is 0 Å². The van der Waals surface area contributed by atoms with Gasteiger partial charge in [0.2, 0.25) is 11.8 Å². The number of carbonyl (C=O) groups excluding carboxylic acids is 2. The number of halogens is 2. The summed E-state index contributed by atoms with van der Waals surface area (Å²) in [5, 5.41) is 0.402. The third-order valence-corrected chi connectivity index (χ3v) is 3.33. The first-order valence-electron chi connectivity index (χ1n) is 4.82. The number of imide groups is 1. The molecule has 2 amide bonds. The fraction of sp³-hybridized carbons (Fsp3) is 0.273. The van der Waals surface area contributed by atoms with Crippen molar-refractivity contribution in [3.05, 3.63) is 27.7 Å². The van der Waals surface area contributed by atoms with Crippen molar-refractivity contribution in [1.29, 1.82) is 0 Å². The number of hydrogen-bond donors (Lipinski definition) is 0. The predicted molar refractivity (Wildman–Crippen MR) is 65.4 cm³/mol. The molecule has 0 aromatic heterocycles. The molecule has 1 unspecified atom stereocenters. The molecule has 3 nitrogen and oxygen atoms in total. The first-order valence-corrected chi connectivity index (χ1v) is 5.99. The second-order valence-electron chi connectivity index (χ2n) is 3.77. The van der Waals surface area contributed by atoms with E-state index in [2.05, 4.69) is 15.9 Å². The van der Waals surface area contributed by atoms with Crippen molar-refractivity contribution in [2.24, 2.45) is 5.92 Å². The van der Waals surface area contributed by atoms with Crippen LogP contribution < -0.4 is 4.90 Å². The molecule has 1 aromatic rings. The molecule has 5 heteroatoms. The summed E-state index contributed by atoms with van der Waals surface area (Å²) in [6.07, 6.45) is 0.252. The number of anilines is 1. The highest BCUT2D eigenvalue weighted by molar-refractivity contribution is 9.10. The molecule has 1 saturated heterocycles. The zero-order valence-electron chi connectivity index (χ0n) is 8.54. The van der Waals surface area contributed by atoms with Crippen LogP contribution in [0.4, 0.5) is 5.69 Å². The third kappa shape index (κ3) is 1.87. The summed E-state index contributed by atoms with van der Waals surface area (Å²) in [6.45, 7) is 1.74. The molecule has 1 fully saturated rings. The average Bonchev–Trinajstić information content (AvgIpc) is 2.46. The zero-order chi connectivity index (χ0) is 11.9. The van der Waals surface area contributed by atoms with E-state index in [-0.39, 0.29) is 24.2 Å². The standard InChI is InChI=1S/C11H9BrClNO2/c1-6-4-10(15)14(11(6)16)9-5-7(12)2-3-8(9)13/h2-3,5-6H,4H2,1H3. The van der Waals surface area contributed by atoms with Gasteiger partial charge in [0.15, 0.2) is 0 Å². The molecule has 0 radical (unpaired) electrons.